The van der Waals surface area contributed by atoms with Gasteiger partial charge in [0.25, 0.3) is 5.79 Å². The number of carbonyl (C=O) groups is 1. The molecule has 0 radical (unpaired) electrons. The van der Waals surface area contributed by atoms with E-state index in [1.54, 1.807) is 0 Å². The van der Waals surface area contributed by atoms with E-state index in [0.29, 0.717) is 32.1 Å². The van der Waals surface area contributed by atoms with Gasteiger partial charge in [0.05, 0.1) is 17.4 Å². The van der Waals surface area contributed by atoms with Gasteiger partial charge in [0.2, 0.25) is 0 Å². The molecule has 1 N–H and O–H groups in total. The molecular formula is C20H20O5. The van der Waals surface area contributed by atoms with E-state index in [1.165, 1.54) is 0 Å². The van der Waals surface area contributed by atoms with Crippen molar-refractivity contribution in [1.82, 2.24) is 0 Å². The Kier molecular flexibility index (Phi) is 3.22. The van der Waals surface area contributed by atoms with E-state index >= 15 is 0 Å². The minimum absolute atomic E-state index is 0.182. The number of aliphatic hydroxyl groups is 1. The van der Waals surface area contributed by atoms with Crippen molar-refractivity contribution >= 4 is 16.7 Å². The normalized spacial score (nSPS) is 30.0. The zero-order valence-electron chi connectivity index (χ0n) is 13.8. The SMILES string of the molecule is O=C1CC[C@H]([C@@H]2C[C@@H](O)CCC23Oc2cccc4cccc(c24)O3)O1. The van der Waals surface area contributed by atoms with Gasteiger partial charge in [0.1, 0.15) is 17.6 Å². The average molecular weight is 340 g/mol. The fourth-order valence-electron chi connectivity index (χ4n) is 4.50. The van der Waals surface area contributed by atoms with Crippen LogP contribution in [0.15, 0.2) is 36.4 Å². The van der Waals surface area contributed by atoms with Gasteiger partial charge in [0.15, 0.2) is 0 Å². The summed E-state index contributed by atoms with van der Waals surface area (Å²) in [5, 5.41) is 12.3. The molecule has 0 amide bonds. The Morgan fingerprint density at radius 3 is 2.40 bits per heavy atom. The van der Waals surface area contributed by atoms with Gasteiger partial charge in [-0.25, -0.2) is 0 Å². The smallest absolute Gasteiger partial charge is 0.306 e. The molecule has 2 aromatic rings. The average Bonchev–Trinajstić information content (AvgIpc) is 3.04. The highest BCUT2D eigenvalue weighted by Gasteiger charge is 2.55. The van der Waals surface area contributed by atoms with Crippen molar-refractivity contribution in [2.24, 2.45) is 5.92 Å². The summed E-state index contributed by atoms with van der Waals surface area (Å²) in [4.78, 5) is 11.6. The van der Waals surface area contributed by atoms with Gasteiger partial charge in [-0.1, -0.05) is 24.3 Å². The van der Waals surface area contributed by atoms with Crippen LogP contribution in [-0.2, 0) is 9.53 Å². The molecule has 25 heavy (non-hydrogen) atoms. The number of aliphatic hydroxyl groups excluding tert-OH is 1. The number of hydrogen-bond acceptors (Lipinski definition) is 5. The molecule has 3 atom stereocenters. The summed E-state index contributed by atoms with van der Waals surface area (Å²) >= 11 is 0. The van der Waals surface area contributed by atoms with E-state index < -0.39 is 11.9 Å². The summed E-state index contributed by atoms with van der Waals surface area (Å²) in [5.41, 5.74) is 0. The lowest BCUT2D eigenvalue weighted by Crippen LogP contribution is -2.58. The highest BCUT2D eigenvalue weighted by Crippen LogP contribution is 2.50. The van der Waals surface area contributed by atoms with Crippen LogP contribution in [0.5, 0.6) is 11.5 Å². The molecule has 2 aromatic carbocycles. The second-order valence-corrected chi connectivity index (χ2v) is 7.23. The summed E-state index contributed by atoms with van der Waals surface area (Å²) in [6.45, 7) is 0. The number of hydrogen-bond donors (Lipinski definition) is 1. The number of esters is 1. The summed E-state index contributed by atoms with van der Waals surface area (Å²) in [6.07, 6.45) is 2.06. The van der Waals surface area contributed by atoms with Gasteiger partial charge in [-0.3, -0.25) is 4.79 Å². The summed E-state index contributed by atoms with van der Waals surface area (Å²) in [5.74, 6) is 0.330. The molecule has 2 aliphatic heterocycles. The number of ether oxygens (including phenoxy) is 3. The topological polar surface area (TPSA) is 65.0 Å². The quantitative estimate of drug-likeness (QED) is 0.808. The number of rotatable bonds is 1. The second kappa shape index (κ2) is 5.36. The molecule has 2 heterocycles. The van der Waals surface area contributed by atoms with Crippen LogP contribution in [0, 0.1) is 5.92 Å². The molecule has 1 saturated heterocycles. The maximum atomic E-state index is 11.6. The number of benzene rings is 2. The molecule has 5 nitrogen and oxygen atoms in total. The van der Waals surface area contributed by atoms with Gasteiger partial charge < -0.3 is 19.3 Å². The van der Waals surface area contributed by atoms with Gasteiger partial charge in [-0.2, -0.15) is 0 Å². The highest BCUT2D eigenvalue weighted by atomic mass is 16.7. The first-order chi connectivity index (χ1) is 12.1. The maximum absolute atomic E-state index is 11.6. The molecule has 2 fully saturated rings. The van der Waals surface area contributed by atoms with Crippen molar-refractivity contribution in [2.45, 2.75) is 50.1 Å². The van der Waals surface area contributed by atoms with Crippen molar-refractivity contribution < 1.29 is 24.1 Å². The van der Waals surface area contributed by atoms with Crippen LogP contribution in [-0.4, -0.2) is 29.1 Å². The zero-order valence-corrected chi connectivity index (χ0v) is 13.8. The van der Waals surface area contributed by atoms with E-state index in [9.17, 15) is 9.90 Å². The molecule has 5 rings (SSSR count). The van der Waals surface area contributed by atoms with E-state index in [0.717, 1.165) is 22.3 Å². The van der Waals surface area contributed by atoms with Gasteiger partial charge in [-0.05, 0) is 36.8 Å². The van der Waals surface area contributed by atoms with E-state index in [1.807, 2.05) is 36.4 Å². The van der Waals surface area contributed by atoms with Crippen LogP contribution in [0.1, 0.15) is 32.1 Å². The Morgan fingerprint density at radius 1 is 1.04 bits per heavy atom. The van der Waals surface area contributed by atoms with Crippen LogP contribution in [0.4, 0.5) is 0 Å². The highest BCUT2D eigenvalue weighted by molar-refractivity contribution is 5.94. The fourth-order valence-corrected chi connectivity index (χ4v) is 4.50. The van der Waals surface area contributed by atoms with Crippen molar-refractivity contribution in [2.75, 3.05) is 0 Å². The molecule has 1 spiro atoms. The predicted molar refractivity (Wildman–Crippen MR) is 90.4 cm³/mol. The van der Waals surface area contributed by atoms with Crippen LogP contribution in [0.25, 0.3) is 10.8 Å². The van der Waals surface area contributed by atoms with E-state index in [4.69, 9.17) is 14.2 Å². The lowest BCUT2D eigenvalue weighted by Gasteiger charge is -2.48. The molecular weight excluding hydrogens is 320 g/mol. The van der Waals surface area contributed by atoms with Crippen molar-refractivity contribution in [3.8, 4) is 11.5 Å². The third-order valence-electron chi connectivity index (χ3n) is 5.68. The molecule has 5 heteroatoms. The Balaban J connectivity index is 1.58. The first-order valence-corrected chi connectivity index (χ1v) is 8.92. The molecule has 1 aliphatic carbocycles. The number of cyclic esters (lactones) is 1. The van der Waals surface area contributed by atoms with Crippen molar-refractivity contribution in [3.63, 3.8) is 0 Å². The Morgan fingerprint density at radius 2 is 1.76 bits per heavy atom. The molecule has 0 unspecified atom stereocenters. The molecule has 0 bridgehead atoms. The first-order valence-electron chi connectivity index (χ1n) is 8.92. The van der Waals surface area contributed by atoms with Gasteiger partial charge in [-0.15, -0.1) is 0 Å². The van der Waals surface area contributed by atoms with Crippen LogP contribution in [0.3, 0.4) is 0 Å². The fraction of sp³-hybridized carbons (Fsp3) is 0.450. The lowest BCUT2D eigenvalue weighted by molar-refractivity contribution is -0.217. The first kappa shape index (κ1) is 15.0. The third-order valence-corrected chi connectivity index (χ3v) is 5.68. The minimum atomic E-state index is -0.892. The maximum Gasteiger partial charge on any atom is 0.306 e. The van der Waals surface area contributed by atoms with Crippen LogP contribution >= 0.6 is 0 Å². The van der Waals surface area contributed by atoms with Crippen molar-refractivity contribution in [3.05, 3.63) is 36.4 Å². The van der Waals surface area contributed by atoms with Gasteiger partial charge >= 0.3 is 5.97 Å². The Hall–Kier alpha value is -2.27. The largest absolute Gasteiger partial charge is 0.462 e. The molecule has 0 aromatic heterocycles. The standard InChI is InChI=1S/C20H20O5/c21-13-9-10-20(14(11-13)15-7-8-18(22)23-15)24-16-5-1-3-12-4-2-6-17(25-20)19(12)16/h1-6,13-15,21H,7-11H2/t13-,14-,15+/m0/s1. The molecule has 3 aliphatic rings. The van der Waals surface area contributed by atoms with Gasteiger partial charge in [0, 0.05) is 12.8 Å². The van der Waals surface area contributed by atoms with E-state index in [2.05, 4.69) is 0 Å². The summed E-state index contributed by atoms with van der Waals surface area (Å²) < 4.78 is 18.4. The lowest BCUT2D eigenvalue weighted by atomic mass is 9.77. The van der Waals surface area contributed by atoms with Crippen LogP contribution < -0.4 is 9.47 Å². The van der Waals surface area contributed by atoms with Crippen LogP contribution in [0.2, 0.25) is 0 Å². The Labute approximate surface area is 145 Å². The minimum Gasteiger partial charge on any atom is -0.462 e. The van der Waals surface area contributed by atoms with E-state index in [-0.39, 0.29) is 18.0 Å². The predicted octanol–water partition coefficient (Wildman–Crippen LogP) is 3.17. The molecule has 1 saturated carbocycles. The second-order valence-electron chi connectivity index (χ2n) is 7.23. The van der Waals surface area contributed by atoms with Crippen molar-refractivity contribution in [1.29, 1.82) is 0 Å². The third kappa shape index (κ3) is 2.29. The monoisotopic (exact) mass is 340 g/mol. The summed E-state index contributed by atoms with van der Waals surface area (Å²) in [7, 11) is 0. The molecule has 130 valence electrons. The number of carbonyl (C=O) groups excluding carboxylic acids is 1. The zero-order chi connectivity index (χ0) is 17.0. The summed E-state index contributed by atoms with van der Waals surface area (Å²) in [6, 6.07) is 11.9. The Bertz CT molecular complexity index is 804.